The summed E-state index contributed by atoms with van der Waals surface area (Å²) >= 11 is 0. The Morgan fingerprint density at radius 2 is 2.22 bits per heavy atom. The maximum Gasteiger partial charge on any atom is 0.0994 e. The van der Waals surface area contributed by atoms with E-state index >= 15 is 0 Å². The van der Waals surface area contributed by atoms with Crippen LogP contribution in [0.15, 0.2) is 30.7 Å². The monoisotopic (exact) mass is 241 g/mol. The minimum absolute atomic E-state index is 0.452. The average molecular weight is 241 g/mol. The normalized spacial score (nSPS) is 19.3. The second-order valence-electron chi connectivity index (χ2n) is 5.13. The molecule has 0 unspecified atom stereocenters. The average Bonchev–Trinajstić information content (AvgIpc) is 2.98. The molecule has 0 aliphatic carbocycles. The number of rotatable bonds is 2. The number of aromatic nitrogens is 2. The summed E-state index contributed by atoms with van der Waals surface area (Å²) in [4.78, 5) is 4.33. The first kappa shape index (κ1) is 11.5. The molecule has 1 atom stereocenters. The van der Waals surface area contributed by atoms with Crippen LogP contribution >= 0.6 is 0 Å². The molecule has 3 heteroatoms. The van der Waals surface area contributed by atoms with Gasteiger partial charge in [-0.2, -0.15) is 0 Å². The third-order valence-electron chi connectivity index (χ3n) is 3.70. The minimum atomic E-state index is 0.452. The summed E-state index contributed by atoms with van der Waals surface area (Å²) in [5.41, 5.74) is 5.12. The Morgan fingerprint density at radius 3 is 2.94 bits per heavy atom. The van der Waals surface area contributed by atoms with Crippen molar-refractivity contribution in [1.29, 1.82) is 0 Å². The lowest BCUT2D eigenvalue weighted by Gasteiger charge is -2.16. The van der Waals surface area contributed by atoms with Crippen LogP contribution in [0.25, 0.3) is 5.69 Å². The molecule has 0 bridgehead atoms. The highest BCUT2D eigenvalue weighted by Crippen LogP contribution is 2.26. The van der Waals surface area contributed by atoms with Crippen molar-refractivity contribution < 1.29 is 0 Å². The van der Waals surface area contributed by atoms with Gasteiger partial charge in [0.1, 0.15) is 0 Å². The van der Waals surface area contributed by atoms with Gasteiger partial charge in [-0.05, 0) is 44.9 Å². The first-order valence-electron chi connectivity index (χ1n) is 6.59. The number of hydrogen-bond acceptors (Lipinski definition) is 2. The molecule has 1 aromatic carbocycles. The summed E-state index contributed by atoms with van der Waals surface area (Å²) in [6.07, 6.45) is 6.37. The largest absolute Gasteiger partial charge is 0.309 e. The molecule has 2 heterocycles. The van der Waals surface area contributed by atoms with E-state index in [0.717, 1.165) is 6.54 Å². The predicted octanol–water partition coefficient (Wildman–Crippen LogP) is 2.91. The molecule has 1 N–H and O–H groups in total. The Balaban J connectivity index is 2.03. The molecule has 2 aromatic rings. The molecule has 0 spiro atoms. The Bertz CT molecular complexity index is 551. The zero-order valence-electron chi connectivity index (χ0n) is 11.0. The molecule has 1 saturated heterocycles. The van der Waals surface area contributed by atoms with Gasteiger partial charge in [0, 0.05) is 11.7 Å². The van der Waals surface area contributed by atoms with Crippen LogP contribution in [0.2, 0.25) is 0 Å². The van der Waals surface area contributed by atoms with Crippen LogP contribution in [-0.2, 0) is 0 Å². The van der Waals surface area contributed by atoms with Crippen LogP contribution < -0.4 is 5.32 Å². The predicted molar refractivity (Wildman–Crippen MR) is 73.0 cm³/mol. The quantitative estimate of drug-likeness (QED) is 0.876. The second kappa shape index (κ2) is 4.58. The molecule has 3 rings (SSSR count). The highest BCUT2D eigenvalue weighted by Gasteiger charge is 2.20. The molecule has 0 amide bonds. The summed E-state index contributed by atoms with van der Waals surface area (Å²) in [7, 11) is 0. The molecule has 1 aromatic heterocycles. The standard InChI is InChI=1S/C15H19N3/c1-11-5-6-14(12(2)8-11)18-10-16-9-15(18)13-4-3-7-17-13/h5-6,8-10,13,17H,3-4,7H2,1-2H3/t13-/m0/s1. The van der Waals surface area contributed by atoms with Gasteiger partial charge >= 0.3 is 0 Å². The SMILES string of the molecule is Cc1ccc(-n2cncc2[C@@H]2CCCN2)c(C)c1. The van der Waals surface area contributed by atoms with E-state index in [4.69, 9.17) is 0 Å². The first-order valence-corrected chi connectivity index (χ1v) is 6.59. The highest BCUT2D eigenvalue weighted by atomic mass is 15.1. The Labute approximate surface area is 108 Å². The van der Waals surface area contributed by atoms with Crippen molar-refractivity contribution in [3.63, 3.8) is 0 Å². The van der Waals surface area contributed by atoms with Crippen molar-refractivity contribution in [3.8, 4) is 5.69 Å². The number of aryl methyl sites for hydroxylation is 2. The Hall–Kier alpha value is -1.61. The fraction of sp³-hybridized carbons (Fsp3) is 0.400. The molecule has 18 heavy (non-hydrogen) atoms. The maximum absolute atomic E-state index is 4.33. The Morgan fingerprint density at radius 1 is 1.33 bits per heavy atom. The fourth-order valence-electron chi connectivity index (χ4n) is 2.78. The van der Waals surface area contributed by atoms with E-state index in [1.165, 1.54) is 35.3 Å². The van der Waals surface area contributed by atoms with E-state index in [1.807, 2.05) is 12.5 Å². The molecule has 1 aliphatic rings. The number of nitrogens with zero attached hydrogens (tertiary/aromatic N) is 2. The molecule has 3 nitrogen and oxygen atoms in total. The van der Waals surface area contributed by atoms with E-state index in [2.05, 4.69) is 46.9 Å². The number of imidazole rings is 1. The van der Waals surface area contributed by atoms with Crippen molar-refractivity contribution in [2.24, 2.45) is 0 Å². The zero-order valence-corrected chi connectivity index (χ0v) is 11.0. The van der Waals surface area contributed by atoms with Gasteiger partial charge in [-0.15, -0.1) is 0 Å². The fourth-order valence-corrected chi connectivity index (χ4v) is 2.78. The maximum atomic E-state index is 4.33. The molecule has 0 radical (unpaired) electrons. The van der Waals surface area contributed by atoms with Gasteiger partial charge < -0.3 is 9.88 Å². The number of nitrogens with one attached hydrogen (secondary N) is 1. The lowest BCUT2D eigenvalue weighted by molar-refractivity contribution is 0.614. The van der Waals surface area contributed by atoms with Crippen LogP contribution in [0.5, 0.6) is 0 Å². The van der Waals surface area contributed by atoms with Gasteiger partial charge in [0.05, 0.1) is 18.2 Å². The lowest BCUT2D eigenvalue weighted by atomic mass is 10.1. The van der Waals surface area contributed by atoms with Crippen molar-refractivity contribution in [3.05, 3.63) is 47.5 Å². The summed E-state index contributed by atoms with van der Waals surface area (Å²) in [6, 6.07) is 7.02. The van der Waals surface area contributed by atoms with Crippen LogP contribution in [0.4, 0.5) is 0 Å². The van der Waals surface area contributed by atoms with Gasteiger partial charge in [-0.3, -0.25) is 0 Å². The van der Waals surface area contributed by atoms with Crippen LogP contribution in [0, 0.1) is 13.8 Å². The van der Waals surface area contributed by atoms with Crippen LogP contribution in [-0.4, -0.2) is 16.1 Å². The topological polar surface area (TPSA) is 29.9 Å². The molecular formula is C15H19N3. The summed E-state index contributed by atoms with van der Waals surface area (Å²) in [6.45, 7) is 5.40. The third-order valence-corrected chi connectivity index (χ3v) is 3.70. The first-order chi connectivity index (χ1) is 8.75. The van der Waals surface area contributed by atoms with E-state index in [9.17, 15) is 0 Å². The van der Waals surface area contributed by atoms with Crippen LogP contribution in [0.1, 0.15) is 35.7 Å². The summed E-state index contributed by atoms with van der Waals surface area (Å²) < 4.78 is 2.22. The third kappa shape index (κ3) is 1.95. The van der Waals surface area contributed by atoms with E-state index < -0.39 is 0 Å². The summed E-state index contributed by atoms with van der Waals surface area (Å²) in [5.74, 6) is 0. The van der Waals surface area contributed by atoms with Crippen LogP contribution in [0.3, 0.4) is 0 Å². The lowest BCUT2D eigenvalue weighted by Crippen LogP contribution is -2.16. The van der Waals surface area contributed by atoms with Crippen molar-refractivity contribution in [2.45, 2.75) is 32.7 Å². The van der Waals surface area contributed by atoms with E-state index in [-0.39, 0.29) is 0 Å². The zero-order chi connectivity index (χ0) is 12.5. The number of hydrogen-bond donors (Lipinski definition) is 1. The second-order valence-corrected chi connectivity index (χ2v) is 5.13. The molecule has 0 saturated carbocycles. The van der Waals surface area contributed by atoms with Crippen molar-refractivity contribution in [2.75, 3.05) is 6.54 Å². The van der Waals surface area contributed by atoms with E-state index in [1.54, 1.807) is 0 Å². The summed E-state index contributed by atoms with van der Waals surface area (Å²) in [5, 5.41) is 3.54. The smallest absolute Gasteiger partial charge is 0.0994 e. The molecular weight excluding hydrogens is 222 g/mol. The van der Waals surface area contributed by atoms with Gasteiger partial charge in [-0.25, -0.2) is 4.98 Å². The Kier molecular flexibility index (Phi) is 2.92. The van der Waals surface area contributed by atoms with Gasteiger partial charge in [0.2, 0.25) is 0 Å². The van der Waals surface area contributed by atoms with Crippen molar-refractivity contribution in [1.82, 2.24) is 14.9 Å². The van der Waals surface area contributed by atoms with E-state index in [0.29, 0.717) is 6.04 Å². The molecule has 94 valence electrons. The number of benzene rings is 1. The van der Waals surface area contributed by atoms with Crippen molar-refractivity contribution >= 4 is 0 Å². The van der Waals surface area contributed by atoms with Gasteiger partial charge in [-0.1, -0.05) is 17.7 Å². The van der Waals surface area contributed by atoms with Gasteiger partial charge in [0.25, 0.3) is 0 Å². The van der Waals surface area contributed by atoms with Gasteiger partial charge in [0.15, 0.2) is 0 Å². The molecule has 1 aliphatic heterocycles. The highest BCUT2D eigenvalue weighted by molar-refractivity contribution is 5.44. The minimum Gasteiger partial charge on any atom is -0.309 e. The molecule has 1 fully saturated rings.